The summed E-state index contributed by atoms with van der Waals surface area (Å²) in [5, 5.41) is 20.1. The summed E-state index contributed by atoms with van der Waals surface area (Å²) in [6, 6.07) is 14.6. The van der Waals surface area contributed by atoms with Crippen molar-refractivity contribution in [2.75, 3.05) is 0 Å². The molecule has 0 atom stereocenters. The normalized spacial score (nSPS) is 11.8. The third-order valence-electron chi connectivity index (χ3n) is 5.22. The number of aromatic nitrogens is 2. The SMILES string of the molecule is O=C(O)c1ccc(C=Cc2ccnc3c2ccc2c(C=Cc4ccc(C(=O)O)s4)ccnc23)s1. The lowest BCUT2D eigenvalue weighted by Crippen LogP contribution is -1.89. The van der Waals surface area contributed by atoms with E-state index in [0.29, 0.717) is 9.75 Å². The predicted molar refractivity (Wildman–Crippen MR) is 137 cm³/mol. The third-order valence-corrected chi connectivity index (χ3v) is 7.30. The number of fused-ring (bicyclic) bond motifs is 3. The highest BCUT2D eigenvalue weighted by Crippen LogP contribution is 2.29. The van der Waals surface area contributed by atoms with Gasteiger partial charge in [-0.1, -0.05) is 24.3 Å². The molecule has 5 aromatic rings. The van der Waals surface area contributed by atoms with E-state index in [1.165, 1.54) is 22.7 Å². The van der Waals surface area contributed by atoms with Gasteiger partial charge >= 0.3 is 11.9 Å². The van der Waals surface area contributed by atoms with Gasteiger partial charge < -0.3 is 10.2 Å². The Morgan fingerprint density at radius 1 is 0.618 bits per heavy atom. The second-order valence-electron chi connectivity index (χ2n) is 7.34. The Bertz CT molecular complexity index is 1510. The molecule has 0 saturated heterocycles. The van der Waals surface area contributed by atoms with Gasteiger partial charge in [-0.25, -0.2) is 9.59 Å². The number of nitrogens with zero attached hydrogens (tertiary/aromatic N) is 2. The van der Waals surface area contributed by atoms with Crippen LogP contribution in [0.4, 0.5) is 0 Å². The average Bonchev–Trinajstić information content (AvgIpc) is 3.51. The molecule has 0 radical (unpaired) electrons. The van der Waals surface area contributed by atoms with Crippen LogP contribution in [0.25, 0.3) is 46.1 Å². The summed E-state index contributed by atoms with van der Waals surface area (Å²) in [6.45, 7) is 0. The maximum absolute atomic E-state index is 11.1. The Hall–Kier alpha value is -4.14. The van der Waals surface area contributed by atoms with Gasteiger partial charge in [0.25, 0.3) is 0 Å². The summed E-state index contributed by atoms with van der Waals surface area (Å²) in [5.41, 5.74) is 3.47. The Balaban J connectivity index is 1.52. The quantitative estimate of drug-likeness (QED) is 0.262. The molecule has 8 heteroatoms. The molecule has 0 aliphatic heterocycles. The highest BCUT2D eigenvalue weighted by atomic mass is 32.1. The number of benzene rings is 1. The number of hydrogen-bond donors (Lipinski definition) is 2. The first-order valence-electron chi connectivity index (χ1n) is 10.2. The van der Waals surface area contributed by atoms with Crippen LogP contribution in [0.15, 0.2) is 60.9 Å². The number of hydrogen-bond acceptors (Lipinski definition) is 6. The van der Waals surface area contributed by atoms with Crippen molar-refractivity contribution in [2.45, 2.75) is 0 Å². The van der Waals surface area contributed by atoms with Crippen molar-refractivity contribution in [1.29, 1.82) is 0 Å². The number of rotatable bonds is 6. The zero-order valence-electron chi connectivity index (χ0n) is 17.5. The van der Waals surface area contributed by atoms with Gasteiger partial charge in [-0.05, 0) is 59.7 Å². The van der Waals surface area contributed by atoms with Crippen LogP contribution in [0.2, 0.25) is 0 Å². The van der Waals surface area contributed by atoms with Crippen LogP contribution in [-0.2, 0) is 0 Å². The molecule has 0 fully saturated rings. The van der Waals surface area contributed by atoms with Crippen molar-refractivity contribution in [1.82, 2.24) is 9.97 Å². The van der Waals surface area contributed by atoms with E-state index < -0.39 is 11.9 Å². The Kier molecular flexibility index (Phi) is 5.75. The number of thiophene rings is 2. The maximum Gasteiger partial charge on any atom is 0.345 e. The fourth-order valence-electron chi connectivity index (χ4n) is 3.62. The zero-order chi connectivity index (χ0) is 23.7. The average molecular weight is 485 g/mol. The molecule has 0 aliphatic rings. The molecule has 0 amide bonds. The summed E-state index contributed by atoms with van der Waals surface area (Å²) in [5.74, 6) is -1.86. The van der Waals surface area contributed by atoms with Crippen LogP contribution in [0.3, 0.4) is 0 Å². The molecule has 0 unspecified atom stereocenters. The van der Waals surface area contributed by atoms with Gasteiger partial charge in [0.2, 0.25) is 0 Å². The number of carboxylic acids is 2. The van der Waals surface area contributed by atoms with Crippen LogP contribution in [0, 0.1) is 0 Å². The van der Waals surface area contributed by atoms with Gasteiger partial charge in [0.05, 0.1) is 11.0 Å². The number of pyridine rings is 2. The van der Waals surface area contributed by atoms with E-state index >= 15 is 0 Å². The molecule has 0 aliphatic carbocycles. The topological polar surface area (TPSA) is 100 Å². The highest BCUT2D eigenvalue weighted by molar-refractivity contribution is 7.15. The van der Waals surface area contributed by atoms with Crippen molar-refractivity contribution < 1.29 is 19.8 Å². The lowest BCUT2D eigenvalue weighted by Gasteiger charge is -2.07. The minimum absolute atomic E-state index is 0.303. The van der Waals surface area contributed by atoms with Crippen LogP contribution in [0.5, 0.6) is 0 Å². The molecule has 4 aromatic heterocycles. The predicted octanol–water partition coefficient (Wildman–Crippen LogP) is 6.64. The van der Waals surface area contributed by atoms with Crippen molar-refractivity contribution in [3.05, 3.63) is 91.6 Å². The van der Waals surface area contributed by atoms with Gasteiger partial charge in [0, 0.05) is 32.9 Å². The summed E-state index contributed by atoms with van der Waals surface area (Å²) >= 11 is 2.45. The van der Waals surface area contributed by atoms with E-state index in [4.69, 9.17) is 10.2 Å². The first-order valence-corrected chi connectivity index (χ1v) is 11.8. The molecular weight excluding hydrogens is 468 g/mol. The number of carboxylic acid groups (broad SMARTS) is 2. The Morgan fingerprint density at radius 3 is 1.44 bits per heavy atom. The third kappa shape index (κ3) is 4.24. The minimum Gasteiger partial charge on any atom is -0.477 e. The lowest BCUT2D eigenvalue weighted by molar-refractivity contribution is 0.0691. The Labute approximate surface area is 201 Å². The maximum atomic E-state index is 11.1. The first kappa shape index (κ1) is 21.7. The molecule has 34 heavy (non-hydrogen) atoms. The fraction of sp³-hybridized carbons (Fsp3) is 0. The van der Waals surface area contributed by atoms with Crippen LogP contribution in [-0.4, -0.2) is 32.1 Å². The van der Waals surface area contributed by atoms with Gasteiger partial charge in [-0.3, -0.25) is 9.97 Å². The van der Waals surface area contributed by atoms with Crippen LogP contribution in [0.1, 0.15) is 40.2 Å². The summed E-state index contributed by atoms with van der Waals surface area (Å²) in [7, 11) is 0. The molecule has 1 aromatic carbocycles. The summed E-state index contributed by atoms with van der Waals surface area (Å²) in [4.78, 5) is 33.7. The van der Waals surface area contributed by atoms with Crippen LogP contribution < -0.4 is 0 Å². The largest absolute Gasteiger partial charge is 0.477 e. The first-order chi connectivity index (χ1) is 16.5. The van der Waals surface area contributed by atoms with Gasteiger partial charge in [-0.15, -0.1) is 22.7 Å². The van der Waals surface area contributed by atoms with E-state index in [2.05, 4.69) is 9.97 Å². The second kappa shape index (κ2) is 9.01. The standard InChI is InChI=1S/C26H16N2O4S2/c29-25(30)21-9-5-17(33-21)3-1-15-11-13-27-23-19(15)7-8-20-16(12-14-28-24(20)23)2-4-18-6-10-22(34-18)26(31)32/h1-14H,(H,29,30)(H,31,32). The highest BCUT2D eigenvalue weighted by Gasteiger charge is 2.09. The van der Waals surface area contributed by atoms with Crippen molar-refractivity contribution in [3.63, 3.8) is 0 Å². The fourth-order valence-corrected chi connectivity index (χ4v) is 5.12. The molecule has 2 N–H and O–H groups in total. The lowest BCUT2D eigenvalue weighted by atomic mass is 10.0. The molecule has 5 rings (SSSR count). The van der Waals surface area contributed by atoms with Crippen molar-refractivity contribution in [3.8, 4) is 0 Å². The van der Waals surface area contributed by atoms with Crippen molar-refractivity contribution in [2.24, 2.45) is 0 Å². The minimum atomic E-state index is -0.928. The molecule has 4 heterocycles. The molecule has 0 saturated carbocycles. The van der Waals surface area contributed by atoms with E-state index in [1.807, 2.05) is 48.6 Å². The van der Waals surface area contributed by atoms with E-state index in [0.717, 1.165) is 42.7 Å². The van der Waals surface area contributed by atoms with Gasteiger partial charge in [0.1, 0.15) is 9.75 Å². The Morgan fingerprint density at radius 2 is 1.06 bits per heavy atom. The van der Waals surface area contributed by atoms with Gasteiger partial charge in [-0.2, -0.15) is 0 Å². The van der Waals surface area contributed by atoms with E-state index in [-0.39, 0.29) is 0 Å². The molecule has 0 spiro atoms. The molecule has 6 nitrogen and oxygen atoms in total. The summed E-state index contributed by atoms with van der Waals surface area (Å²) < 4.78 is 0. The van der Waals surface area contributed by atoms with Gasteiger partial charge in [0.15, 0.2) is 0 Å². The molecule has 166 valence electrons. The monoisotopic (exact) mass is 484 g/mol. The van der Waals surface area contributed by atoms with E-state index in [1.54, 1.807) is 36.7 Å². The number of carbonyl (C=O) groups is 2. The zero-order valence-corrected chi connectivity index (χ0v) is 19.1. The molecule has 0 bridgehead atoms. The smallest absolute Gasteiger partial charge is 0.345 e. The van der Waals surface area contributed by atoms with Crippen LogP contribution >= 0.6 is 22.7 Å². The summed E-state index contributed by atoms with van der Waals surface area (Å²) in [6.07, 6.45) is 11.2. The van der Waals surface area contributed by atoms with E-state index in [9.17, 15) is 9.59 Å². The van der Waals surface area contributed by atoms with Crippen molar-refractivity contribution >= 4 is 80.7 Å². The number of aromatic carboxylic acids is 2. The second-order valence-corrected chi connectivity index (χ2v) is 9.57. The molecular formula is C26H16N2O4S2.